The summed E-state index contributed by atoms with van der Waals surface area (Å²) in [7, 11) is 0. The fourth-order valence-corrected chi connectivity index (χ4v) is 2.02. The molecule has 5 heteroatoms. The van der Waals surface area contributed by atoms with Crippen molar-refractivity contribution in [3.8, 4) is 0 Å². The van der Waals surface area contributed by atoms with Crippen LogP contribution in [0.5, 0.6) is 0 Å². The first-order chi connectivity index (χ1) is 5.55. The van der Waals surface area contributed by atoms with E-state index in [1.807, 2.05) is 0 Å². The van der Waals surface area contributed by atoms with Crippen LogP contribution >= 0.6 is 0 Å². The van der Waals surface area contributed by atoms with Crippen molar-refractivity contribution in [1.29, 1.82) is 0 Å². The highest BCUT2D eigenvalue weighted by Gasteiger charge is 2.56. The third-order valence-corrected chi connectivity index (χ3v) is 2.95. The second-order valence-corrected chi connectivity index (χ2v) is 3.67. The maximum Gasteiger partial charge on any atom is 0.131 e. The van der Waals surface area contributed by atoms with Crippen LogP contribution in [-0.2, 0) is 0 Å². The Morgan fingerprint density at radius 1 is 1.25 bits per heavy atom. The van der Waals surface area contributed by atoms with Crippen molar-refractivity contribution in [2.45, 2.75) is 36.4 Å². The number of hydrogen-bond acceptors (Lipinski definition) is 5. The van der Waals surface area contributed by atoms with Gasteiger partial charge in [-0.05, 0) is 6.42 Å². The normalized spacial score (nSPS) is 59.0. The van der Waals surface area contributed by atoms with E-state index >= 15 is 0 Å². The van der Waals surface area contributed by atoms with E-state index in [1.165, 1.54) is 0 Å². The highest BCUT2D eigenvalue weighted by Crippen LogP contribution is 2.33. The molecule has 2 heterocycles. The zero-order valence-corrected chi connectivity index (χ0v) is 6.51. The predicted molar refractivity (Wildman–Crippen MR) is 39.4 cm³/mol. The molecule has 0 radical (unpaired) electrons. The average molecular weight is 175 g/mol. The van der Waals surface area contributed by atoms with Crippen molar-refractivity contribution >= 4 is 0 Å². The number of nitrogens with one attached hydrogen (secondary N) is 1. The number of aliphatic hydroxyl groups excluding tert-OH is 3. The Morgan fingerprint density at radius 3 is 2.42 bits per heavy atom. The van der Waals surface area contributed by atoms with Gasteiger partial charge in [-0.1, -0.05) is 0 Å². The number of rotatable bonds is 0. The van der Waals surface area contributed by atoms with Crippen molar-refractivity contribution in [2.75, 3.05) is 6.54 Å². The van der Waals surface area contributed by atoms with Gasteiger partial charge in [0.2, 0.25) is 0 Å². The zero-order chi connectivity index (χ0) is 8.93. The molecular weight excluding hydrogens is 162 g/mol. The Bertz CT molecular complexity index is 200. The smallest absolute Gasteiger partial charge is 0.131 e. The molecule has 5 atom stereocenters. The molecule has 3 fully saturated rings. The minimum atomic E-state index is -1.58. The van der Waals surface area contributed by atoms with Gasteiger partial charge in [-0.25, -0.2) is 0 Å². The SMILES string of the molecule is O[C@H]1[C@@H](O)[C@@]2(O)CN[C@@H]1C[C@@H]2O. The quantitative estimate of drug-likeness (QED) is 0.274. The molecule has 0 amide bonds. The summed E-state index contributed by atoms with van der Waals surface area (Å²) in [5.41, 5.74) is -1.58. The van der Waals surface area contributed by atoms with Crippen LogP contribution in [0.25, 0.3) is 0 Å². The summed E-state index contributed by atoms with van der Waals surface area (Å²) < 4.78 is 0. The van der Waals surface area contributed by atoms with Crippen molar-refractivity contribution in [1.82, 2.24) is 5.32 Å². The van der Waals surface area contributed by atoms with Crippen LogP contribution in [0.4, 0.5) is 0 Å². The summed E-state index contributed by atoms with van der Waals surface area (Å²) in [5, 5.41) is 40.7. The number of hydrogen-bond donors (Lipinski definition) is 5. The molecule has 5 nitrogen and oxygen atoms in total. The Morgan fingerprint density at radius 2 is 1.92 bits per heavy atom. The van der Waals surface area contributed by atoms with Crippen molar-refractivity contribution in [2.24, 2.45) is 0 Å². The topological polar surface area (TPSA) is 93.0 Å². The first-order valence-corrected chi connectivity index (χ1v) is 4.05. The van der Waals surface area contributed by atoms with Crippen molar-refractivity contribution < 1.29 is 20.4 Å². The lowest BCUT2D eigenvalue weighted by atomic mass is 9.71. The minimum absolute atomic E-state index is 0.136. The third-order valence-electron chi connectivity index (χ3n) is 2.95. The van der Waals surface area contributed by atoms with E-state index in [0.29, 0.717) is 0 Å². The molecule has 0 unspecified atom stereocenters. The average Bonchev–Trinajstić information content (AvgIpc) is 2.04. The second kappa shape index (κ2) is 2.40. The summed E-state index contributed by atoms with van der Waals surface area (Å²) >= 11 is 0. The Hall–Kier alpha value is -0.200. The van der Waals surface area contributed by atoms with Gasteiger partial charge in [0.25, 0.3) is 0 Å². The van der Waals surface area contributed by atoms with E-state index in [0.717, 1.165) is 0 Å². The summed E-state index contributed by atoms with van der Waals surface area (Å²) in [5.74, 6) is 0. The number of piperidine rings is 2. The molecular formula is C7H13NO4. The van der Waals surface area contributed by atoms with Gasteiger partial charge < -0.3 is 25.7 Å². The molecule has 3 rings (SSSR count). The molecule has 3 aliphatic rings. The molecule has 70 valence electrons. The Balaban J connectivity index is 2.28. The third kappa shape index (κ3) is 0.855. The number of fused-ring (bicyclic) bond motifs is 3. The van der Waals surface area contributed by atoms with Crippen LogP contribution < -0.4 is 5.32 Å². The lowest BCUT2D eigenvalue weighted by Gasteiger charge is -2.52. The molecule has 0 aromatic carbocycles. The summed E-state index contributed by atoms with van der Waals surface area (Å²) in [4.78, 5) is 0. The van der Waals surface area contributed by atoms with Crippen LogP contribution in [0.3, 0.4) is 0 Å². The van der Waals surface area contributed by atoms with Gasteiger partial charge in [0.1, 0.15) is 11.7 Å². The maximum atomic E-state index is 9.70. The Kier molecular flexibility index (Phi) is 1.68. The lowest BCUT2D eigenvalue weighted by molar-refractivity contribution is -0.231. The molecule has 2 aliphatic heterocycles. The first-order valence-electron chi connectivity index (χ1n) is 4.05. The molecule has 0 aromatic heterocycles. The van der Waals surface area contributed by atoms with Crippen molar-refractivity contribution in [3.63, 3.8) is 0 Å². The van der Waals surface area contributed by atoms with Gasteiger partial charge in [-0.3, -0.25) is 0 Å². The monoisotopic (exact) mass is 175 g/mol. The van der Waals surface area contributed by atoms with E-state index in [9.17, 15) is 20.4 Å². The van der Waals surface area contributed by atoms with Crippen LogP contribution in [0, 0.1) is 0 Å². The lowest BCUT2D eigenvalue weighted by Crippen LogP contribution is -2.76. The van der Waals surface area contributed by atoms with Gasteiger partial charge in [-0.15, -0.1) is 0 Å². The molecule has 1 saturated carbocycles. The molecule has 1 aliphatic carbocycles. The molecule has 5 N–H and O–H groups in total. The fraction of sp³-hybridized carbons (Fsp3) is 1.00. The van der Waals surface area contributed by atoms with Gasteiger partial charge >= 0.3 is 0 Å². The number of aliphatic hydroxyl groups is 4. The van der Waals surface area contributed by atoms with Crippen LogP contribution in [0.1, 0.15) is 6.42 Å². The van der Waals surface area contributed by atoms with E-state index in [2.05, 4.69) is 5.32 Å². The van der Waals surface area contributed by atoms with E-state index in [-0.39, 0.29) is 19.0 Å². The molecule has 2 bridgehead atoms. The second-order valence-electron chi connectivity index (χ2n) is 3.67. The highest BCUT2D eigenvalue weighted by atomic mass is 16.4. The molecule has 0 aromatic rings. The van der Waals surface area contributed by atoms with Crippen LogP contribution in [-0.4, -0.2) is 56.9 Å². The molecule has 12 heavy (non-hydrogen) atoms. The van der Waals surface area contributed by atoms with E-state index in [4.69, 9.17) is 0 Å². The Labute approximate surface area is 69.6 Å². The maximum absolute atomic E-state index is 9.70. The summed E-state index contributed by atoms with van der Waals surface area (Å²) in [6, 6.07) is -0.302. The van der Waals surface area contributed by atoms with Gasteiger partial charge in [0, 0.05) is 12.6 Å². The predicted octanol–water partition coefficient (Wildman–Crippen LogP) is -2.82. The first kappa shape index (κ1) is 8.40. The van der Waals surface area contributed by atoms with Crippen molar-refractivity contribution in [3.05, 3.63) is 0 Å². The van der Waals surface area contributed by atoms with E-state index < -0.39 is 23.9 Å². The van der Waals surface area contributed by atoms with E-state index in [1.54, 1.807) is 0 Å². The minimum Gasteiger partial charge on any atom is -0.390 e. The van der Waals surface area contributed by atoms with Gasteiger partial charge in [0.15, 0.2) is 0 Å². The largest absolute Gasteiger partial charge is 0.390 e. The summed E-state index contributed by atoms with van der Waals surface area (Å²) in [6.45, 7) is 0.136. The standard InChI is InChI=1S/C7H13NO4/c9-4-1-3-5(10)6(11)7(4,12)2-8-3/h3-6,8-12H,1-2H2/t3-,4+,5-,6-,7-/m1/s1. The van der Waals surface area contributed by atoms with Gasteiger partial charge in [0.05, 0.1) is 12.2 Å². The highest BCUT2D eigenvalue weighted by molar-refractivity contribution is 5.11. The fourth-order valence-electron chi connectivity index (χ4n) is 2.02. The molecule has 0 spiro atoms. The van der Waals surface area contributed by atoms with Crippen LogP contribution in [0.2, 0.25) is 0 Å². The van der Waals surface area contributed by atoms with Gasteiger partial charge in [-0.2, -0.15) is 0 Å². The molecule has 2 saturated heterocycles. The summed E-state index contributed by atoms with van der Waals surface area (Å²) in [6.07, 6.45) is -2.88. The van der Waals surface area contributed by atoms with Crippen LogP contribution in [0.15, 0.2) is 0 Å². The zero-order valence-electron chi connectivity index (χ0n) is 6.51.